The minimum absolute atomic E-state index is 0.241. The third-order valence-corrected chi connectivity index (χ3v) is 3.19. The molecule has 0 spiro atoms. The number of phosphoric acid groups is 1. The van der Waals surface area contributed by atoms with E-state index < -0.39 is 45.8 Å². The lowest BCUT2D eigenvalue weighted by Gasteiger charge is -2.16. The van der Waals surface area contributed by atoms with Crippen LogP contribution in [-0.2, 0) is 23.1 Å². The van der Waals surface area contributed by atoms with Crippen molar-refractivity contribution in [3.05, 3.63) is 0 Å². The van der Waals surface area contributed by atoms with Gasteiger partial charge in [-0.2, -0.15) is 0 Å². The van der Waals surface area contributed by atoms with Gasteiger partial charge in [-0.1, -0.05) is 13.3 Å². The Morgan fingerprint density at radius 2 is 1.71 bits per heavy atom. The Hall–Kier alpha value is -0.540. The first-order valence-electron chi connectivity index (χ1n) is 6.55. The van der Waals surface area contributed by atoms with Crippen LogP contribution in [-0.4, -0.2) is 64.8 Å². The van der Waals surface area contributed by atoms with Crippen LogP contribution in [0.25, 0.3) is 0 Å². The van der Waals surface area contributed by atoms with Crippen molar-refractivity contribution in [3.8, 4) is 0 Å². The van der Waals surface area contributed by atoms with Crippen LogP contribution in [0.15, 0.2) is 0 Å². The van der Waals surface area contributed by atoms with Gasteiger partial charge in [-0.05, 0) is 6.42 Å². The van der Waals surface area contributed by atoms with E-state index in [2.05, 4.69) is 9.05 Å². The molecule has 10 heteroatoms. The van der Waals surface area contributed by atoms with Gasteiger partial charge in [-0.3, -0.25) is 13.8 Å². The number of aliphatic hydroxyl groups excluding tert-OH is 3. The third kappa shape index (κ3) is 11.8. The minimum atomic E-state index is -4.45. The van der Waals surface area contributed by atoms with E-state index in [1.165, 1.54) is 0 Å². The molecule has 0 aliphatic rings. The van der Waals surface area contributed by atoms with Crippen molar-refractivity contribution in [2.24, 2.45) is 0 Å². The molecule has 0 aliphatic carbocycles. The number of rotatable bonds is 12. The molecule has 0 amide bonds. The highest BCUT2D eigenvalue weighted by Gasteiger charge is 2.24. The summed E-state index contributed by atoms with van der Waals surface area (Å²) in [5.74, 6) is -0.467. The summed E-state index contributed by atoms with van der Waals surface area (Å²) < 4.78 is 24.9. The molecule has 21 heavy (non-hydrogen) atoms. The summed E-state index contributed by atoms with van der Waals surface area (Å²) in [7, 11) is -4.45. The maximum Gasteiger partial charge on any atom is 0.472 e. The summed E-state index contributed by atoms with van der Waals surface area (Å²) in [6, 6.07) is 0. The van der Waals surface area contributed by atoms with Gasteiger partial charge in [-0.15, -0.1) is 0 Å². The number of unbranched alkanes of at least 4 members (excludes halogenated alkanes) is 1. The number of ether oxygens (including phenoxy) is 1. The van der Waals surface area contributed by atoms with Crippen LogP contribution in [0, 0.1) is 0 Å². The van der Waals surface area contributed by atoms with E-state index in [4.69, 9.17) is 14.9 Å². The first-order valence-corrected chi connectivity index (χ1v) is 8.04. The van der Waals surface area contributed by atoms with Crippen LogP contribution in [0.3, 0.4) is 0 Å². The summed E-state index contributed by atoms with van der Waals surface area (Å²) in [6.07, 6.45) is -0.824. The van der Waals surface area contributed by atoms with E-state index in [1.807, 2.05) is 6.92 Å². The molecule has 0 fully saturated rings. The molecule has 9 nitrogen and oxygen atoms in total. The molecule has 0 rings (SSSR count). The van der Waals surface area contributed by atoms with Crippen molar-refractivity contribution in [1.82, 2.24) is 0 Å². The van der Waals surface area contributed by atoms with Crippen molar-refractivity contribution in [2.75, 3.05) is 26.4 Å². The third-order valence-electron chi connectivity index (χ3n) is 2.24. The fourth-order valence-electron chi connectivity index (χ4n) is 1.08. The summed E-state index contributed by atoms with van der Waals surface area (Å²) in [5.41, 5.74) is 0. The van der Waals surface area contributed by atoms with Crippen molar-refractivity contribution in [1.29, 1.82) is 0 Å². The molecule has 126 valence electrons. The SMILES string of the molecule is CCCCC(=O)OCC(O)COP(=O)(O)OCC(O)CO. The van der Waals surface area contributed by atoms with E-state index in [-0.39, 0.29) is 13.0 Å². The zero-order valence-electron chi connectivity index (χ0n) is 11.9. The van der Waals surface area contributed by atoms with E-state index >= 15 is 0 Å². The van der Waals surface area contributed by atoms with Crippen molar-refractivity contribution >= 4 is 13.8 Å². The van der Waals surface area contributed by atoms with E-state index in [0.29, 0.717) is 6.42 Å². The Bertz CT molecular complexity index is 336. The van der Waals surface area contributed by atoms with Crippen molar-refractivity contribution in [2.45, 2.75) is 38.4 Å². The largest absolute Gasteiger partial charge is 0.472 e. The fraction of sp³-hybridized carbons (Fsp3) is 0.909. The Morgan fingerprint density at radius 3 is 2.24 bits per heavy atom. The summed E-state index contributed by atoms with van der Waals surface area (Å²) in [5, 5.41) is 26.9. The fourth-order valence-corrected chi connectivity index (χ4v) is 1.88. The molecule has 0 saturated heterocycles. The summed E-state index contributed by atoms with van der Waals surface area (Å²) in [4.78, 5) is 20.4. The molecular formula is C11H23O9P. The molecule has 0 saturated carbocycles. The Labute approximate surface area is 123 Å². The predicted octanol–water partition coefficient (Wildman–Crippen LogP) is -0.433. The standard InChI is InChI=1S/C11H23O9P/c1-2-3-4-11(15)18-6-10(14)8-20-21(16,17)19-7-9(13)5-12/h9-10,12-14H,2-8H2,1H3,(H,16,17). The van der Waals surface area contributed by atoms with Gasteiger partial charge in [0.15, 0.2) is 0 Å². The molecule has 4 N–H and O–H groups in total. The van der Waals surface area contributed by atoms with Crippen LogP contribution in [0.1, 0.15) is 26.2 Å². The smallest absolute Gasteiger partial charge is 0.463 e. The highest BCUT2D eigenvalue weighted by molar-refractivity contribution is 7.47. The first-order chi connectivity index (χ1) is 9.80. The second kappa shape index (κ2) is 11.1. The molecule has 0 aromatic heterocycles. The number of phosphoric ester groups is 1. The quantitative estimate of drug-likeness (QED) is 0.277. The second-order valence-electron chi connectivity index (χ2n) is 4.34. The first kappa shape index (κ1) is 20.5. The Balaban J connectivity index is 3.87. The molecule has 0 aromatic carbocycles. The van der Waals surface area contributed by atoms with Crippen molar-refractivity contribution < 1.29 is 43.4 Å². The van der Waals surface area contributed by atoms with Gasteiger partial charge in [0.25, 0.3) is 0 Å². The molecule has 3 atom stereocenters. The Kier molecular flexibility index (Phi) is 10.8. The summed E-state index contributed by atoms with van der Waals surface area (Å²) in [6.45, 7) is -0.239. The van der Waals surface area contributed by atoms with E-state index in [0.717, 1.165) is 6.42 Å². The number of hydrogen-bond acceptors (Lipinski definition) is 8. The molecule has 0 radical (unpaired) electrons. The lowest BCUT2D eigenvalue weighted by atomic mass is 10.2. The van der Waals surface area contributed by atoms with Crippen LogP contribution < -0.4 is 0 Å². The number of esters is 1. The molecule has 0 aromatic rings. The van der Waals surface area contributed by atoms with Gasteiger partial charge >= 0.3 is 13.8 Å². The van der Waals surface area contributed by atoms with E-state index in [9.17, 15) is 19.4 Å². The maximum absolute atomic E-state index is 11.3. The van der Waals surface area contributed by atoms with Gasteiger partial charge in [0, 0.05) is 6.42 Å². The zero-order valence-corrected chi connectivity index (χ0v) is 12.8. The number of carbonyl (C=O) groups excluding carboxylic acids is 1. The van der Waals surface area contributed by atoms with Crippen LogP contribution >= 0.6 is 7.82 Å². The van der Waals surface area contributed by atoms with Gasteiger partial charge in [-0.25, -0.2) is 4.57 Å². The lowest BCUT2D eigenvalue weighted by molar-refractivity contribution is -0.147. The molecule has 3 unspecified atom stereocenters. The second-order valence-corrected chi connectivity index (χ2v) is 5.79. The van der Waals surface area contributed by atoms with Crippen LogP contribution in [0.4, 0.5) is 0 Å². The molecule has 0 bridgehead atoms. The topological polar surface area (TPSA) is 143 Å². The average Bonchev–Trinajstić information content (AvgIpc) is 2.46. The maximum atomic E-state index is 11.3. The van der Waals surface area contributed by atoms with Crippen LogP contribution in [0.5, 0.6) is 0 Å². The van der Waals surface area contributed by atoms with E-state index in [1.54, 1.807) is 0 Å². The summed E-state index contributed by atoms with van der Waals surface area (Å²) >= 11 is 0. The van der Waals surface area contributed by atoms with Gasteiger partial charge in [0.2, 0.25) is 0 Å². The molecule has 0 heterocycles. The highest BCUT2D eigenvalue weighted by Crippen LogP contribution is 2.43. The Morgan fingerprint density at radius 1 is 1.14 bits per heavy atom. The molecular weight excluding hydrogens is 307 g/mol. The highest BCUT2D eigenvalue weighted by atomic mass is 31.2. The van der Waals surface area contributed by atoms with Gasteiger partial charge in [0.05, 0.1) is 19.8 Å². The lowest BCUT2D eigenvalue weighted by Crippen LogP contribution is -2.24. The van der Waals surface area contributed by atoms with Gasteiger partial charge < -0.3 is 24.9 Å². The number of carbonyl (C=O) groups is 1. The van der Waals surface area contributed by atoms with Crippen LogP contribution in [0.2, 0.25) is 0 Å². The average molecular weight is 330 g/mol. The normalized spacial score (nSPS) is 17.0. The zero-order chi connectivity index (χ0) is 16.3. The number of hydrogen-bond donors (Lipinski definition) is 4. The number of aliphatic hydroxyl groups is 3. The van der Waals surface area contributed by atoms with Gasteiger partial charge in [0.1, 0.15) is 18.8 Å². The van der Waals surface area contributed by atoms with Crippen molar-refractivity contribution in [3.63, 3.8) is 0 Å². The monoisotopic (exact) mass is 330 g/mol. The minimum Gasteiger partial charge on any atom is -0.463 e. The predicted molar refractivity (Wildman–Crippen MR) is 71.3 cm³/mol. The molecule has 0 aliphatic heterocycles.